The van der Waals surface area contributed by atoms with Gasteiger partial charge >= 0.3 is 11.1 Å². The molecule has 0 aliphatic rings. The van der Waals surface area contributed by atoms with E-state index in [4.69, 9.17) is 16.7 Å². The second-order valence-corrected chi connectivity index (χ2v) is 2.62. The van der Waals surface area contributed by atoms with Gasteiger partial charge in [-0.25, -0.2) is 0 Å². The number of carbonyl (C=O) groups is 2. The van der Waals surface area contributed by atoms with Gasteiger partial charge in [-0.1, -0.05) is 0 Å². The van der Waals surface area contributed by atoms with Crippen molar-refractivity contribution in [2.45, 2.75) is 0 Å². The molecule has 1 aromatic carbocycles. The first-order chi connectivity index (χ1) is 6.09. The van der Waals surface area contributed by atoms with Crippen molar-refractivity contribution >= 4 is 28.4 Å². The quantitative estimate of drug-likeness (QED) is 0.426. The van der Waals surface area contributed by atoms with Gasteiger partial charge < -0.3 is 10.4 Å². The van der Waals surface area contributed by atoms with Crippen LogP contribution < -0.4 is 5.32 Å². The van der Waals surface area contributed by atoms with Gasteiger partial charge in [0, 0.05) is 5.69 Å². The lowest BCUT2D eigenvalue weighted by atomic mass is 10.3. The Morgan fingerprint density at radius 3 is 2.23 bits per heavy atom. The molecule has 1 aromatic rings. The zero-order valence-electron chi connectivity index (χ0n) is 6.45. The summed E-state index contributed by atoms with van der Waals surface area (Å²) in [5.74, 6) is -0.817. The Balaban J connectivity index is 2.70. The van der Waals surface area contributed by atoms with E-state index in [9.17, 15) is 9.59 Å². The number of hydrogen-bond acceptors (Lipinski definition) is 3. The van der Waals surface area contributed by atoms with Gasteiger partial charge in [-0.3, -0.25) is 9.59 Å². The molecule has 0 aromatic heterocycles. The number of phenols is 1. The van der Waals surface area contributed by atoms with Crippen LogP contribution in [0, 0.1) is 0 Å². The number of benzene rings is 1. The molecule has 0 fully saturated rings. The third-order valence-corrected chi connectivity index (χ3v) is 1.48. The maximum Gasteiger partial charge on any atom is 0.310 e. The fourth-order valence-electron chi connectivity index (χ4n) is 0.725. The highest BCUT2D eigenvalue weighted by Crippen LogP contribution is 2.13. The number of nitrogens with one attached hydrogen (secondary N) is 1. The van der Waals surface area contributed by atoms with Crippen molar-refractivity contribution in [1.82, 2.24) is 0 Å². The van der Waals surface area contributed by atoms with Gasteiger partial charge in [0.15, 0.2) is 0 Å². The van der Waals surface area contributed by atoms with E-state index in [1.54, 1.807) is 0 Å². The summed E-state index contributed by atoms with van der Waals surface area (Å²) in [4.78, 5) is 21.1. The summed E-state index contributed by atoms with van der Waals surface area (Å²) >= 11 is 4.91. The number of phenolic OH excluding ortho intramolecular Hbond substituents is 1. The number of aromatic hydroxyl groups is 1. The Morgan fingerprint density at radius 2 is 1.77 bits per heavy atom. The number of amides is 1. The first-order valence-electron chi connectivity index (χ1n) is 3.39. The first-order valence-corrected chi connectivity index (χ1v) is 3.77. The fraction of sp³-hybridized carbons (Fsp3) is 0. The van der Waals surface area contributed by atoms with Gasteiger partial charge in [-0.15, -0.1) is 0 Å². The minimum atomic E-state index is -1.08. The second kappa shape index (κ2) is 3.91. The summed E-state index contributed by atoms with van der Waals surface area (Å²) < 4.78 is 0. The lowest BCUT2D eigenvalue weighted by Gasteiger charge is -2.00. The molecule has 2 N–H and O–H groups in total. The summed E-state index contributed by atoms with van der Waals surface area (Å²) in [6, 6.07) is 5.67. The average Bonchev–Trinajstić information content (AvgIpc) is 2.08. The number of anilines is 1. The molecule has 13 heavy (non-hydrogen) atoms. The maximum atomic E-state index is 10.7. The zero-order valence-corrected chi connectivity index (χ0v) is 7.21. The van der Waals surface area contributed by atoms with Crippen molar-refractivity contribution in [3.8, 4) is 5.75 Å². The molecule has 4 nitrogen and oxygen atoms in total. The van der Waals surface area contributed by atoms with Gasteiger partial charge in [0.25, 0.3) is 0 Å². The van der Waals surface area contributed by atoms with Crippen LogP contribution in [-0.4, -0.2) is 16.3 Å². The summed E-state index contributed by atoms with van der Waals surface area (Å²) in [5.41, 5.74) is 0.400. The first kappa shape index (κ1) is 9.54. The molecule has 5 heteroatoms. The van der Waals surface area contributed by atoms with E-state index in [0.29, 0.717) is 5.69 Å². The molecule has 0 aliphatic heterocycles. The molecular formula is C8H6ClNO3. The van der Waals surface area contributed by atoms with Crippen LogP contribution in [0.5, 0.6) is 5.75 Å². The summed E-state index contributed by atoms with van der Waals surface area (Å²) in [6.45, 7) is 0. The number of hydrogen-bond donors (Lipinski definition) is 2. The lowest BCUT2D eigenvalue weighted by molar-refractivity contribution is -0.130. The van der Waals surface area contributed by atoms with Crippen molar-refractivity contribution in [3.05, 3.63) is 24.3 Å². The zero-order chi connectivity index (χ0) is 9.84. The van der Waals surface area contributed by atoms with Crippen molar-refractivity contribution in [3.63, 3.8) is 0 Å². The predicted molar refractivity (Wildman–Crippen MR) is 47.6 cm³/mol. The van der Waals surface area contributed by atoms with E-state index in [1.807, 2.05) is 0 Å². The van der Waals surface area contributed by atoms with Crippen LogP contribution in [-0.2, 0) is 9.59 Å². The van der Waals surface area contributed by atoms with E-state index in [2.05, 4.69) is 5.32 Å². The lowest BCUT2D eigenvalue weighted by Crippen LogP contribution is -2.17. The van der Waals surface area contributed by atoms with Gasteiger partial charge in [0.05, 0.1) is 0 Å². The minimum absolute atomic E-state index is 0.0789. The monoisotopic (exact) mass is 199 g/mol. The average molecular weight is 200 g/mol. The highest BCUT2D eigenvalue weighted by molar-refractivity contribution is 6.82. The molecule has 68 valence electrons. The van der Waals surface area contributed by atoms with Gasteiger partial charge in [0.2, 0.25) is 0 Å². The summed E-state index contributed by atoms with van der Waals surface area (Å²) in [7, 11) is 0. The molecule has 0 bridgehead atoms. The predicted octanol–water partition coefficient (Wildman–Crippen LogP) is 1.10. The molecule has 0 aliphatic carbocycles. The third-order valence-electron chi connectivity index (χ3n) is 1.30. The highest BCUT2D eigenvalue weighted by Gasteiger charge is 2.09. The van der Waals surface area contributed by atoms with Crippen molar-refractivity contribution < 1.29 is 14.7 Å². The molecular weight excluding hydrogens is 194 g/mol. The van der Waals surface area contributed by atoms with Crippen LogP contribution >= 0.6 is 11.6 Å². The van der Waals surface area contributed by atoms with Crippen molar-refractivity contribution in [1.29, 1.82) is 0 Å². The van der Waals surface area contributed by atoms with E-state index < -0.39 is 11.1 Å². The standard InChI is InChI=1S/C8H6ClNO3/c9-7(12)8(13)10-5-1-3-6(11)4-2-5/h1-4,11H,(H,10,13). The van der Waals surface area contributed by atoms with Crippen LogP contribution in [0.1, 0.15) is 0 Å². The molecule has 1 rings (SSSR count). The second-order valence-electron chi connectivity index (χ2n) is 2.27. The largest absolute Gasteiger partial charge is 0.508 e. The van der Waals surface area contributed by atoms with Crippen LogP contribution in [0.25, 0.3) is 0 Å². The molecule has 0 unspecified atom stereocenters. The van der Waals surface area contributed by atoms with E-state index in [0.717, 1.165) is 0 Å². The van der Waals surface area contributed by atoms with Crippen LogP contribution in [0.15, 0.2) is 24.3 Å². The van der Waals surface area contributed by atoms with E-state index in [-0.39, 0.29) is 5.75 Å². The Kier molecular flexibility index (Phi) is 2.87. The normalized spacial score (nSPS) is 9.31. The number of halogens is 1. The molecule has 0 radical (unpaired) electrons. The van der Waals surface area contributed by atoms with Gasteiger partial charge in [-0.05, 0) is 35.9 Å². The van der Waals surface area contributed by atoms with Gasteiger partial charge in [-0.2, -0.15) is 0 Å². The SMILES string of the molecule is O=C(Cl)C(=O)Nc1ccc(O)cc1. The third kappa shape index (κ3) is 2.76. The van der Waals surface area contributed by atoms with Crippen molar-refractivity contribution in [2.75, 3.05) is 5.32 Å². The Labute approximate surface area is 79.1 Å². The van der Waals surface area contributed by atoms with Crippen LogP contribution in [0.3, 0.4) is 0 Å². The molecule has 0 atom stereocenters. The number of carbonyl (C=O) groups excluding carboxylic acids is 2. The molecule has 1 amide bonds. The van der Waals surface area contributed by atoms with Crippen LogP contribution in [0.4, 0.5) is 5.69 Å². The minimum Gasteiger partial charge on any atom is -0.508 e. The summed E-state index contributed by atoms with van der Waals surface area (Å²) in [5, 5.41) is 10.1. The van der Waals surface area contributed by atoms with Crippen molar-refractivity contribution in [2.24, 2.45) is 0 Å². The van der Waals surface area contributed by atoms with E-state index in [1.165, 1.54) is 24.3 Å². The van der Waals surface area contributed by atoms with Crippen LogP contribution in [0.2, 0.25) is 0 Å². The Morgan fingerprint density at radius 1 is 1.23 bits per heavy atom. The highest BCUT2D eigenvalue weighted by atomic mass is 35.5. The molecule has 0 heterocycles. The Bertz CT molecular complexity index is 334. The Hall–Kier alpha value is -1.55. The summed E-state index contributed by atoms with van der Waals surface area (Å²) in [6.07, 6.45) is 0. The maximum absolute atomic E-state index is 10.7. The fourth-order valence-corrected chi connectivity index (χ4v) is 0.772. The van der Waals surface area contributed by atoms with Gasteiger partial charge in [0.1, 0.15) is 5.75 Å². The molecule has 0 saturated carbocycles. The smallest absolute Gasteiger partial charge is 0.310 e. The van der Waals surface area contributed by atoms with E-state index >= 15 is 0 Å². The molecule has 0 spiro atoms. The number of rotatable bonds is 2. The molecule has 0 saturated heterocycles. The topological polar surface area (TPSA) is 66.4 Å².